The molecule has 0 radical (unpaired) electrons. The van der Waals surface area contributed by atoms with Crippen molar-refractivity contribution in [2.75, 3.05) is 36.5 Å². The van der Waals surface area contributed by atoms with Crippen LogP contribution in [0.3, 0.4) is 0 Å². The van der Waals surface area contributed by atoms with Crippen LogP contribution in [0.1, 0.15) is 40.6 Å². The van der Waals surface area contributed by atoms with E-state index in [-0.39, 0.29) is 11.7 Å². The maximum atomic E-state index is 12.6. The number of nitrogens with one attached hydrogen (secondary N) is 1. The molecule has 1 aromatic heterocycles. The number of ketones is 1. The van der Waals surface area contributed by atoms with Crippen molar-refractivity contribution in [3.63, 3.8) is 0 Å². The summed E-state index contributed by atoms with van der Waals surface area (Å²) in [6.45, 7) is 4.44. The van der Waals surface area contributed by atoms with Crippen molar-refractivity contribution < 1.29 is 19.1 Å². The molecule has 1 aromatic carbocycles. The molecule has 0 aliphatic carbocycles. The molecular weight excluding hydrogens is 358 g/mol. The first kappa shape index (κ1) is 18.6. The lowest BCUT2D eigenvalue weighted by molar-refractivity contribution is -0.169. The first-order valence-corrected chi connectivity index (χ1v) is 9.46. The molecule has 1 N–H and O–H groups in total. The molecule has 1 spiro atoms. The van der Waals surface area contributed by atoms with Gasteiger partial charge >= 0.3 is 0 Å². The van der Waals surface area contributed by atoms with Crippen molar-refractivity contribution in [2.24, 2.45) is 0 Å². The molecule has 2 aromatic rings. The average Bonchev–Trinajstić information content (AvgIpc) is 3.17. The van der Waals surface area contributed by atoms with E-state index in [1.54, 1.807) is 36.5 Å². The highest BCUT2D eigenvalue weighted by molar-refractivity contribution is 6.03. The van der Waals surface area contributed by atoms with Gasteiger partial charge in [-0.25, -0.2) is 0 Å². The largest absolute Gasteiger partial charge is 0.371 e. The molecule has 146 valence electrons. The second-order valence-corrected chi connectivity index (χ2v) is 7.08. The van der Waals surface area contributed by atoms with Crippen molar-refractivity contribution in [3.05, 3.63) is 53.9 Å². The number of hydrogen-bond donors (Lipinski definition) is 1. The minimum absolute atomic E-state index is 0.0102. The highest BCUT2D eigenvalue weighted by Crippen LogP contribution is 2.33. The van der Waals surface area contributed by atoms with Crippen molar-refractivity contribution >= 4 is 23.1 Å². The van der Waals surface area contributed by atoms with Gasteiger partial charge in [0.1, 0.15) is 5.69 Å². The number of benzene rings is 1. The fourth-order valence-electron chi connectivity index (χ4n) is 3.61. The first-order chi connectivity index (χ1) is 13.5. The maximum absolute atomic E-state index is 12.6. The number of ether oxygens (including phenoxy) is 2. The Morgan fingerprint density at radius 3 is 2.39 bits per heavy atom. The predicted octanol–water partition coefficient (Wildman–Crippen LogP) is 2.88. The van der Waals surface area contributed by atoms with E-state index in [1.807, 2.05) is 6.07 Å². The van der Waals surface area contributed by atoms with Crippen molar-refractivity contribution in [2.45, 2.75) is 25.6 Å². The van der Waals surface area contributed by atoms with Crippen LogP contribution < -0.4 is 10.2 Å². The molecule has 4 rings (SSSR count). The predicted molar refractivity (Wildman–Crippen MR) is 105 cm³/mol. The minimum atomic E-state index is -0.421. The average molecular weight is 381 g/mol. The fourth-order valence-corrected chi connectivity index (χ4v) is 3.61. The monoisotopic (exact) mass is 381 g/mol. The number of carbonyl (C=O) groups excluding carboxylic acids is 2. The first-order valence-electron chi connectivity index (χ1n) is 9.46. The van der Waals surface area contributed by atoms with Crippen LogP contribution in [-0.2, 0) is 9.47 Å². The number of anilines is 2. The van der Waals surface area contributed by atoms with E-state index in [9.17, 15) is 9.59 Å². The van der Waals surface area contributed by atoms with Gasteiger partial charge in [0.25, 0.3) is 5.91 Å². The Bertz CT molecular complexity index is 865. The standard InChI is InChI=1S/C21H23N3O4/c1-15(25)16-2-4-17(5-3-16)23-20(26)19-14-18(6-9-22-19)24-10-7-21(8-11-24)27-12-13-28-21/h2-6,9,14H,7-8,10-13H2,1H3,(H,23,26). The third kappa shape index (κ3) is 3.90. The Balaban J connectivity index is 1.41. The number of carbonyl (C=O) groups is 2. The summed E-state index contributed by atoms with van der Waals surface area (Å²) in [7, 11) is 0. The number of Topliss-reactive ketones (excluding diaryl/α,β-unsaturated/α-hetero) is 1. The SMILES string of the molecule is CC(=O)c1ccc(NC(=O)c2cc(N3CCC4(CC3)OCCO4)ccn2)cc1. The van der Waals surface area contributed by atoms with Gasteiger partial charge in [0.15, 0.2) is 11.6 Å². The van der Waals surface area contributed by atoms with Crippen LogP contribution in [0.4, 0.5) is 11.4 Å². The van der Waals surface area contributed by atoms with Crippen LogP contribution in [0.5, 0.6) is 0 Å². The zero-order chi connectivity index (χ0) is 19.6. The van der Waals surface area contributed by atoms with E-state index in [0.717, 1.165) is 31.6 Å². The van der Waals surface area contributed by atoms with Crippen molar-refractivity contribution in [3.8, 4) is 0 Å². The fraction of sp³-hybridized carbons (Fsp3) is 0.381. The Morgan fingerprint density at radius 2 is 1.75 bits per heavy atom. The van der Waals surface area contributed by atoms with Gasteiger partial charge < -0.3 is 19.7 Å². The topological polar surface area (TPSA) is 80.8 Å². The molecule has 0 bridgehead atoms. The Labute approximate surface area is 163 Å². The lowest BCUT2D eigenvalue weighted by Gasteiger charge is -2.38. The molecular formula is C21H23N3O4. The molecule has 28 heavy (non-hydrogen) atoms. The third-order valence-corrected chi connectivity index (χ3v) is 5.23. The summed E-state index contributed by atoms with van der Waals surface area (Å²) >= 11 is 0. The molecule has 2 fully saturated rings. The molecule has 3 heterocycles. The van der Waals surface area contributed by atoms with Crippen LogP contribution in [0.15, 0.2) is 42.6 Å². The maximum Gasteiger partial charge on any atom is 0.274 e. The number of nitrogens with zero attached hydrogens (tertiary/aromatic N) is 2. The van der Waals surface area contributed by atoms with Crippen LogP contribution in [0.25, 0.3) is 0 Å². The van der Waals surface area contributed by atoms with E-state index in [2.05, 4.69) is 15.2 Å². The number of amides is 1. The van der Waals surface area contributed by atoms with Crippen LogP contribution in [0.2, 0.25) is 0 Å². The van der Waals surface area contributed by atoms with Gasteiger partial charge in [0, 0.05) is 49.1 Å². The quantitative estimate of drug-likeness (QED) is 0.821. The van der Waals surface area contributed by atoms with Crippen molar-refractivity contribution in [1.29, 1.82) is 0 Å². The number of aromatic nitrogens is 1. The molecule has 7 heteroatoms. The van der Waals surface area contributed by atoms with Gasteiger partial charge in [0.2, 0.25) is 0 Å². The lowest BCUT2D eigenvalue weighted by atomic mass is 10.0. The third-order valence-electron chi connectivity index (χ3n) is 5.23. The van der Waals surface area contributed by atoms with E-state index in [0.29, 0.717) is 30.2 Å². The summed E-state index contributed by atoms with van der Waals surface area (Å²) in [6.07, 6.45) is 3.26. The van der Waals surface area contributed by atoms with Gasteiger partial charge in [-0.3, -0.25) is 14.6 Å². The summed E-state index contributed by atoms with van der Waals surface area (Å²) < 4.78 is 11.5. The van der Waals surface area contributed by atoms with Crippen LogP contribution >= 0.6 is 0 Å². The smallest absolute Gasteiger partial charge is 0.274 e. The molecule has 1 amide bonds. The van der Waals surface area contributed by atoms with E-state index in [4.69, 9.17) is 9.47 Å². The Kier molecular flexibility index (Phi) is 5.11. The van der Waals surface area contributed by atoms with Crippen LogP contribution in [-0.4, -0.2) is 48.8 Å². The molecule has 0 saturated carbocycles. The molecule has 0 unspecified atom stereocenters. The molecule has 2 aliphatic rings. The Hall–Kier alpha value is -2.77. The summed E-state index contributed by atoms with van der Waals surface area (Å²) in [4.78, 5) is 30.3. The second-order valence-electron chi connectivity index (χ2n) is 7.08. The minimum Gasteiger partial charge on any atom is -0.371 e. The van der Waals surface area contributed by atoms with Crippen LogP contribution in [0, 0.1) is 0 Å². The Morgan fingerprint density at radius 1 is 1.07 bits per heavy atom. The summed E-state index contributed by atoms with van der Waals surface area (Å²) in [5.41, 5.74) is 2.54. The van der Waals surface area contributed by atoms with Gasteiger partial charge in [-0.1, -0.05) is 0 Å². The molecule has 2 saturated heterocycles. The summed E-state index contributed by atoms with van der Waals surface area (Å²) in [5, 5.41) is 2.82. The molecule has 2 aliphatic heterocycles. The number of pyridine rings is 1. The van der Waals surface area contributed by atoms with E-state index < -0.39 is 5.79 Å². The number of piperidine rings is 1. The highest BCUT2D eigenvalue weighted by atomic mass is 16.7. The summed E-state index contributed by atoms with van der Waals surface area (Å²) in [6, 6.07) is 10.5. The summed E-state index contributed by atoms with van der Waals surface area (Å²) in [5.74, 6) is -0.715. The highest BCUT2D eigenvalue weighted by Gasteiger charge is 2.39. The van der Waals surface area contributed by atoms with Crippen molar-refractivity contribution in [1.82, 2.24) is 4.98 Å². The zero-order valence-corrected chi connectivity index (χ0v) is 15.8. The van der Waals surface area contributed by atoms with Gasteiger partial charge in [0.05, 0.1) is 13.2 Å². The van der Waals surface area contributed by atoms with E-state index in [1.165, 1.54) is 6.92 Å². The van der Waals surface area contributed by atoms with Gasteiger partial charge in [-0.05, 0) is 43.3 Å². The normalized spacial score (nSPS) is 18.2. The molecule has 7 nitrogen and oxygen atoms in total. The number of hydrogen-bond acceptors (Lipinski definition) is 6. The number of rotatable bonds is 4. The van der Waals surface area contributed by atoms with Gasteiger partial charge in [-0.2, -0.15) is 0 Å². The zero-order valence-electron chi connectivity index (χ0n) is 15.8. The van der Waals surface area contributed by atoms with Gasteiger partial charge in [-0.15, -0.1) is 0 Å². The second kappa shape index (κ2) is 7.69. The lowest BCUT2D eigenvalue weighted by Crippen LogP contribution is -2.45. The molecule has 0 atom stereocenters. The van der Waals surface area contributed by atoms with E-state index >= 15 is 0 Å².